The van der Waals surface area contributed by atoms with Crippen molar-refractivity contribution < 1.29 is 23.5 Å². The maximum atomic E-state index is 14.2. The van der Waals surface area contributed by atoms with Gasteiger partial charge in [0.05, 0.1) is 0 Å². The first-order valence-corrected chi connectivity index (χ1v) is 14.1. The molecule has 0 bridgehead atoms. The van der Waals surface area contributed by atoms with Crippen LogP contribution in [-0.4, -0.2) is 45.2 Å². The summed E-state index contributed by atoms with van der Waals surface area (Å²) in [5, 5.41) is 15.6. The lowest BCUT2D eigenvalue weighted by Crippen LogP contribution is -2.45. The molecule has 0 saturated carbocycles. The van der Waals surface area contributed by atoms with Crippen LogP contribution in [0.4, 0.5) is 10.1 Å². The van der Waals surface area contributed by atoms with Crippen molar-refractivity contribution in [1.82, 2.24) is 25.5 Å². The Morgan fingerprint density at radius 2 is 1.66 bits per heavy atom. The molecular weight excluding hydrogens is 563 g/mol. The van der Waals surface area contributed by atoms with E-state index >= 15 is 0 Å². The maximum absolute atomic E-state index is 14.2. The number of carbonyl (C=O) groups excluding carboxylic acids is 2. The molecule has 1 aliphatic rings. The van der Waals surface area contributed by atoms with Gasteiger partial charge in [0.15, 0.2) is 11.5 Å². The second kappa shape index (κ2) is 12.7. The molecule has 0 unspecified atom stereocenters. The number of tetrazole rings is 1. The van der Waals surface area contributed by atoms with Crippen LogP contribution in [0.25, 0.3) is 11.4 Å². The van der Waals surface area contributed by atoms with Crippen LogP contribution in [0.5, 0.6) is 11.5 Å². The third-order valence-corrected chi connectivity index (χ3v) is 7.11. The number of nitrogens with zero attached hydrogens (tertiary/aromatic N) is 5. The van der Waals surface area contributed by atoms with Gasteiger partial charge in [-0.1, -0.05) is 72.3 Å². The van der Waals surface area contributed by atoms with E-state index in [0.29, 0.717) is 41.8 Å². The Hall–Kier alpha value is -5.58. The van der Waals surface area contributed by atoms with E-state index in [0.717, 1.165) is 16.7 Å². The lowest BCUT2D eigenvalue weighted by Gasteiger charge is -2.32. The minimum Gasteiger partial charge on any atom is -0.486 e. The number of benzene rings is 4. The minimum atomic E-state index is -1.17. The van der Waals surface area contributed by atoms with Gasteiger partial charge in [-0.3, -0.25) is 14.5 Å². The van der Waals surface area contributed by atoms with Crippen molar-refractivity contribution in [3.05, 3.63) is 120 Å². The standard InChI is InChI=1S/C33H29FN6O4/c1-22-7-9-25(10-8-22)32-36-38-39(37-32)21-30(41)40(27-15-16-28-29(19-27)44-18-17-43-28)31(24-11-13-26(34)14-12-24)33(42)35-20-23-5-3-2-4-6-23/h2-16,19,31H,17-18,20-21H2,1H3,(H,35,42)/t31-/m1/s1. The minimum absolute atomic E-state index is 0.227. The van der Waals surface area contributed by atoms with Crippen LogP contribution in [0.2, 0.25) is 0 Å². The summed E-state index contributed by atoms with van der Waals surface area (Å²) in [6, 6.07) is 26.4. The Balaban J connectivity index is 1.37. The second-order valence-electron chi connectivity index (χ2n) is 10.3. The van der Waals surface area contributed by atoms with Crippen molar-refractivity contribution in [2.45, 2.75) is 26.1 Å². The molecule has 1 aliphatic heterocycles. The molecule has 0 fully saturated rings. The molecule has 222 valence electrons. The average Bonchev–Trinajstić information content (AvgIpc) is 3.52. The van der Waals surface area contributed by atoms with Gasteiger partial charge in [0, 0.05) is 23.9 Å². The molecule has 4 aromatic carbocycles. The number of aromatic nitrogens is 4. The van der Waals surface area contributed by atoms with Crippen molar-refractivity contribution in [1.29, 1.82) is 0 Å². The Morgan fingerprint density at radius 1 is 0.932 bits per heavy atom. The van der Waals surface area contributed by atoms with E-state index < -0.39 is 23.7 Å². The first-order valence-electron chi connectivity index (χ1n) is 14.1. The predicted octanol–water partition coefficient (Wildman–Crippen LogP) is 4.65. The van der Waals surface area contributed by atoms with E-state index in [2.05, 4.69) is 20.7 Å². The van der Waals surface area contributed by atoms with Gasteiger partial charge in [-0.25, -0.2) is 4.39 Å². The zero-order valence-electron chi connectivity index (χ0n) is 23.9. The summed E-state index contributed by atoms with van der Waals surface area (Å²) in [7, 11) is 0. The maximum Gasteiger partial charge on any atom is 0.251 e. The summed E-state index contributed by atoms with van der Waals surface area (Å²) in [4.78, 5) is 30.7. The highest BCUT2D eigenvalue weighted by Gasteiger charge is 2.34. The number of ether oxygens (including phenoxy) is 2. The Morgan fingerprint density at radius 3 is 2.41 bits per heavy atom. The second-order valence-corrected chi connectivity index (χ2v) is 10.3. The molecule has 44 heavy (non-hydrogen) atoms. The van der Waals surface area contributed by atoms with Crippen LogP contribution in [0, 0.1) is 12.7 Å². The number of amides is 2. The summed E-state index contributed by atoms with van der Waals surface area (Å²) in [6.07, 6.45) is 0. The SMILES string of the molecule is Cc1ccc(-c2nnn(CC(=O)N(c3ccc4c(c3)OCCO4)[C@@H](C(=O)NCc3ccccc3)c3ccc(F)cc3)n2)cc1. The molecule has 11 heteroatoms. The van der Waals surface area contributed by atoms with Crippen molar-refractivity contribution in [2.24, 2.45) is 0 Å². The van der Waals surface area contributed by atoms with Crippen molar-refractivity contribution >= 4 is 17.5 Å². The lowest BCUT2D eigenvalue weighted by atomic mass is 10.0. The third-order valence-electron chi connectivity index (χ3n) is 7.11. The summed E-state index contributed by atoms with van der Waals surface area (Å²) in [6.45, 7) is 2.62. The molecule has 0 radical (unpaired) electrons. The topological polar surface area (TPSA) is 111 Å². The van der Waals surface area contributed by atoms with Gasteiger partial charge >= 0.3 is 0 Å². The van der Waals surface area contributed by atoms with E-state index in [4.69, 9.17) is 9.47 Å². The third kappa shape index (κ3) is 6.41. The average molecular weight is 593 g/mol. The molecule has 6 rings (SSSR count). The fourth-order valence-electron chi connectivity index (χ4n) is 4.89. The Bertz CT molecular complexity index is 1760. The van der Waals surface area contributed by atoms with Crippen LogP contribution in [0.1, 0.15) is 22.7 Å². The number of nitrogens with one attached hydrogen (secondary N) is 1. The highest BCUT2D eigenvalue weighted by Crippen LogP contribution is 2.37. The fraction of sp³-hybridized carbons (Fsp3) is 0.182. The van der Waals surface area contributed by atoms with E-state index in [1.54, 1.807) is 18.2 Å². The number of carbonyl (C=O) groups is 2. The highest BCUT2D eigenvalue weighted by molar-refractivity contribution is 6.01. The molecule has 10 nitrogen and oxygen atoms in total. The van der Waals surface area contributed by atoms with E-state index in [1.807, 2.05) is 61.5 Å². The van der Waals surface area contributed by atoms with Gasteiger partial charge < -0.3 is 14.8 Å². The first kappa shape index (κ1) is 28.5. The molecule has 2 amide bonds. The van der Waals surface area contributed by atoms with E-state index in [-0.39, 0.29) is 13.1 Å². The van der Waals surface area contributed by atoms with Gasteiger partial charge in [0.2, 0.25) is 11.7 Å². The fourth-order valence-corrected chi connectivity index (χ4v) is 4.89. The molecular formula is C33H29FN6O4. The molecule has 1 aromatic heterocycles. The Kier molecular flexibility index (Phi) is 8.26. The molecule has 2 heterocycles. The molecule has 1 N–H and O–H groups in total. The number of halogens is 1. The quantitative estimate of drug-likeness (QED) is 0.265. The summed E-state index contributed by atoms with van der Waals surface area (Å²) >= 11 is 0. The number of rotatable bonds is 9. The number of hydrogen-bond acceptors (Lipinski definition) is 7. The lowest BCUT2D eigenvalue weighted by molar-refractivity contribution is -0.127. The van der Waals surface area contributed by atoms with Crippen molar-refractivity contribution in [3.8, 4) is 22.9 Å². The monoisotopic (exact) mass is 592 g/mol. The largest absolute Gasteiger partial charge is 0.486 e. The van der Waals surface area contributed by atoms with Gasteiger partial charge in [0.25, 0.3) is 5.91 Å². The molecule has 0 saturated heterocycles. The van der Waals surface area contributed by atoms with Gasteiger partial charge in [-0.05, 0) is 47.5 Å². The Labute approximate surface area is 253 Å². The summed E-state index contributed by atoms with van der Waals surface area (Å²) in [5.74, 6) is -0.104. The molecule has 0 spiro atoms. The predicted molar refractivity (Wildman–Crippen MR) is 160 cm³/mol. The highest BCUT2D eigenvalue weighted by atomic mass is 19.1. The van der Waals surface area contributed by atoms with E-state index in [1.165, 1.54) is 34.0 Å². The van der Waals surface area contributed by atoms with Crippen LogP contribution < -0.4 is 19.7 Å². The van der Waals surface area contributed by atoms with Crippen LogP contribution in [0.3, 0.4) is 0 Å². The van der Waals surface area contributed by atoms with Gasteiger partial charge in [-0.15, -0.1) is 10.2 Å². The molecule has 5 aromatic rings. The van der Waals surface area contributed by atoms with Gasteiger partial charge in [0.1, 0.15) is 31.6 Å². The van der Waals surface area contributed by atoms with E-state index in [9.17, 15) is 14.0 Å². The van der Waals surface area contributed by atoms with Crippen LogP contribution in [-0.2, 0) is 22.7 Å². The van der Waals surface area contributed by atoms with Crippen molar-refractivity contribution in [3.63, 3.8) is 0 Å². The smallest absolute Gasteiger partial charge is 0.251 e. The number of anilines is 1. The number of aryl methyl sites for hydroxylation is 1. The summed E-state index contributed by atoms with van der Waals surface area (Å²) < 4.78 is 25.5. The molecule has 1 atom stereocenters. The first-order chi connectivity index (χ1) is 21.4. The van der Waals surface area contributed by atoms with Crippen molar-refractivity contribution in [2.75, 3.05) is 18.1 Å². The summed E-state index contributed by atoms with van der Waals surface area (Å²) in [5.41, 5.74) is 3.51. The molecule has 0 aliphatic carbocycles. The van der Waals surface area contributed by atoms with Crippen LogP contribution in [0.15, 0.2) is 97.1 Å². The normalized spacial score (nSPS) is 12.8. The van der Waals surface area contributed by atoms with Gasteiger partial charge in [-0.2, -0.15) is 4.80 Å². The zero-order chi connectivity index (χ0) is 30.5. The number of hydrogen-bond donors (Lipinski definition) is 1. The zero-order valence-corrected chi connectivity index (χ0v) is 23.9. The van der Waals surface area contributed by atoms with Crippen LogP contribution >= 0.6 is 0 Å². The number of fused-ring (bicyclic) bond motifs is 1.